The molecule has 0 saturated carbocycles. The lowest BCUT2D eigenvalue weighted by Gasteiger charge is -2.20. The van der Waals surface area contributed by atoms with Gasteiger partial charge < -0.3 is 11.1 Å². The second kappa shape index (κ2) is 5.17. The third-order valence-corrected chi connectivity index (χ3v) is 3.62. The Bertz CT molecular complexity index is 431. The molecule has 16 heavy (non-hydrogen) atoms. The Kier molecular flexibility index (Phi) is 3.84. The minimum atomic E-state index is 0.262. The van der Waals surface area contributed by atoms with Crippen LogP contribution in [0.2, 0.25) is 0 Å². The molecule has 3 nitrogen and oxygen atoms in total. The number of fused-ring (bicyclic) bond motifs is 1. The Morgan fingerprint density at radius 3 is 3.06 bits per heavy atom. The number of rotatable bonds is 2. The highest BCUT2D eigenvalue weighted by atomic mass is 79.9. The Balaban J connectivity index is 2.47. The van der Waals surface area contributed by atoms with E-state index < -0.39 is 0 Å². The number of alkyl halides is 1. The van der Waals surface area contributed by atoms with Crippen LogP contribution in [-0.2, 0) is 13.0 Å². The fourth-order valence-corrected chi connectivity index (χ4v) is 2.47. The van der Waals surface area contributed by atoms with Gasteiger partial charge in [-0.2, -0.15) is 0 Å². The van der Waals surface area contributed by atoms with E-state index in [0.717, 1.165) is 29.7 Å². The molecule has 0 aromatic heterocycles. The Labute approximate surface area is 108 Å². The van der Waals surface area contributed by atoms with Gasteiger partial charge in [0.2, 0.25) is 0 Å². The van der Waals surface area contributed by atoms with Crippen molar-refractivity contribution in [3.63, 3.8) is 0 Å². The van der Waals surface area contributed by atoms with Crippen LogP contribution in [0.25, 0.3) is 0 Å². The van der Waals surface area contributed by atoms with Crippen molar-refractivity contribution in [1.82, 2.24) is 5.32 Å². The van der Waals surface area contributed by atoms with E-state index in [-0.39, 0.29) is 5.88 Å². The van der Waals surface area contributed by atoms with Gasteiger partial charge in [0.25, 0.3) is 0 Å². The molecule has 2 rings (SSSR count). The van der Waals surface area contributed by atoms with Crippen LogP contribution < -0.4 is 11.1 Å². The van der Waals surface area contributed by atoms with Crippen LogP contribution in [0.4, 0.5) is 5.69 Å². The smallest absolute Gasteiger partial charge is 0.115 e. The second-order valence-electron chi connectivity index (χ2n) is 3.69. The third kappa shape index (κ3) is 2.39. The summed E-state index contributed by atoms with van der Waals surface area (Å²) in [6, 6.07) is 3.99. The van der Waals surface area contributed by atoms with Gasteiger partial charge in [-0.25, -0.2) is 4.99 Å². The zero-order valence-corrected chi connectivity index (χ0v) is 11.1. The minimum absolute atomic E-state index is 0.262. The van der Waals surface area contributed by atoms with E-state index in [1.54, 1.807) is 0 Å². The molecule has 1 aromatic carbocycles. The number of amidine groups is 1. The molecule has 1 aliphatic rings. The predicted octanol–water partition coefficient (Wildman–Crippen LogP) is 2.32. The van der Waals surface area contributed by atoms with Gasteiger partial charge in [-0.3, -0.25) is 0 Å². The molecule has 0 spiro atoms. The van der Waals surface area contributed by atoms with Crippen LogP contribution in [-0.4, -0.2) is 18.3 Å². The average Bonchev–Trinajstić information content (AvgIpc) is 2.33. The first kappa shape index (κ1) is 11.9. The fraction of sp³-hybridized carbons (Fsp3) is 0.364. The number of hydrogen-bond donors (Lipinski definition) is 2. The molecule has 3 N–H and O–H groups in total. The molecule has 0 unspecified atom stereocenters. The van der Waals surface area contributed by atoms with Gasteiger partial charge in [-0.05, 0) is 36.2 Å². The molecule has 86 valence electrons. The summed E-state index contributed by atoms with van der Waals surface area (Å²) in [6.45, 7) is 1.84. The first-order valence-corrected chi connectivity index (χ1v) is 6.45. The quantitative estimate of drug-likeness (QED) is 0.500. The summed E-state index contributed by atoms with van der Waals surface area (Å²) < 4.78 is 1.15. The van der Waals surface area contributed by atoms with E-state index in [1.807, 2.05) is 12.1 Å². The van der Waals surface area contributed by atoms with Crippen molar-refractivity contribution in [3.05, 3.63) is 27.7 Å². The summed E-state index contributed by atoms with van der Waals surface area (Å²) in [5.74, 6) is 0.718. The number of hydrogen-bond acceptors (Lipinski definition) is 2. The zero-order chi connectivity index (χ0) is 11.5. The molecule has 0 atom stereocenters. The Morgan fingerprint density at radius 1 is 1.50 bits per heavy atom. The molecule has 0 amide bonds. The highest BCUT2D eigenvalue weighted by Crippen LogP contribution is 2.31. The van der Waals surface area contributed by atoms with Crippen molar-refractivity contribution in [2.45, 2.75) is 13.0 Å². The summed E-state index contributed by atoms with van der Waals surface area (Å²) in [6.07, 6.45) is 1.01. The molecule has 0 bridgehead atoms. The maximum atomic E-state index is 5.66. The van der Waals surface area contributed by atoms with E-state index >= 15 is 0 Å². The lowest BCUT2D eigenvalue weighted by molar-refractivity contribution is 0.642. The average molecular weight is 303 g/mol. The van der Waals surface area contributed by atoms with Crippen LogP contribution in [0.5, 0.6) is 0 Å². The van der Waals surface area contributed by atoms with E-state index in [9.17, 15) is 0 Å². The largest absolute Gasteiger partial charge is 0.386 e. The normalized spacial score (nSPS) is 16.0. The first-order chi connectivity index (χ1) is 7.72. The predicted molar refractivity (Wildman–Crippen MR) is 71.6 cm³/mol. The molecule has 1 aromatic rings. The molecule has 0 saturated heterocycles. The van der Waals surface area contributed by atoms with Crippen molar-refractivity contribution in [1.29, 1.82) is 0 Å². The standard InChI is InChI=1S/C11H13BrClN3/c12-9-1-2-10(16-11(14)5-13)8-6-15-4-3-7(8)9/h1-2,15H,3-6H2,(H2,14,16). The molecule has 0 aliphatic carbocycles. The first-order valence-electron chi connectivity index (χ1n) is 5.12. The van der Waals surface area contributed by atoms with E-state index in [2.05, 4.69) is 26.2 Å². The van der Waals surface area contributed by atoms with Gasteiger partial charge in [0.15, 0.2) is 0 Å². The maximum absolute atomic E-state index is 5.66. The summed E-state index contributed by atoms with van der Waals surface area (Å²) >= 11 is 9.20. The lowest BCUT2D eigenvalue weighted by Crippen LogP contribution is -2.24. The Morgan fingerprint density at radius 2 is 2.31 bits per heavy atom. The SMILES string of the molecule is NC(CCl)=Nc1ccc(Br)c2c1CNCC2. The summed E-state index contributed by atoms with van der Waals surface area (Å²) in [5, 5.41) is 3.34. The molecule has 0 radical (unpaired) electrons. The van der Waals surface area contributed by atoms with Gasteiger partial charge in [0.1, 0.15) is 5.84 Å². The molecule has 0 fully saturated rings. The van der Waals surface area contributed by atoms with Crippen LogP contribution in [0, 0.1) is 0 Å². The van der Waals surface area contributed by atoms with Crippen molar-refractivity contribution < 1.29 is 0 Å². The summed E-state index contributed by atoms with van der Waals surface area (Å²) in [7, 11) is 0. The number of nitrogens with two attached hydrogens (primary N) is 1. The Hall–Kier alpha value is -0.580. The zero-order valence-electron chi connectivity index (χ0n) is 8.76. The van der Waals surface area contributed by atoms with Crippen molar-refractivity contribution in [2.24, 2.45) is 10.7 Å². The van der Waals surface area contributed by atoms with Crippen LogP contribution in [0.1, 0.15) is 11.1 Å². The fourth-order valence-electron chi connectivity index (χ4n) is 1.84. The number of nitrogens with zero attached hydrogens (tertiary/aromatic N) is 1. The van der Waals surface area contributed by atoms with Crippen molar-refractivity contribution >= 4 is 39.1 Å². The van der Waals surface area contributed by atoms with Gasteiger partial charge in [0.05, 0.1) is 11.6 Å². The summed E-state index contributed by atoms with van der Waals surface area (Å²) in [4.78, 5) is 4.33. The van der Waals surface area contributed by atoms with Gasteiger partial charge in [-0.15, -0.1) is 11.6 Å². The van der Waals surface area contributed by atoms with Crippen LogP contribution >= 0.6 is 27.5 Å². The molecule has 1 aliphatic heterocycles. The van der Waals surface area contributed by atoms with Gasteiger partial charge in [0, 0.05) is 11.0 Å². The maximum Gasteiger partial charge on any atom is 0.115 e. The van der Waals surface area contributed by atoms with Crippen molar-refractivity contribution in [3.8, 4) is 0 Å². The van der Waals surface area contributed by atoms with E-state index in [1.165, 1.54) is 11.1 Å². The highest BCUT2D eigenvalue weighted by Gasteiger charge is 2.15. The van der Waals surface area contributed by atoms with Gasteiger partial charge >= 0.3 is 0 Å². The third-order valence-electron chi connectivity index (χ3n) is 2.60. The molecule has 5 heteroatoms. The molecule has 1 heterocycles. The minimum Gasteiger partial charge on any atom is -0.386 e. The van der Waals surface area contributed by atoms with Crippen LogP contribution in [0.3, 0.4) is 0 Å². The number of benzene rings is 1. The molecular weight excluding hydrogens is 289 g/mol. The number of aliphatic imine (C=N–C) groups is 1. The van der Waals surface area contributed by atoms with E-state index in [0.29, 0.717) is 5.84 Å². The highest BCUT2D eigenvalue weighted by molar-refractivity contribution is 9.10. The van der Waals surface area contributed by atoms with Gasteiger partial charge in [-0.1, -0.05) is 15.9 Å². The van der Waals surface area contributed by atoms with Crippen LogP contribution in [0.15, 0.2) is 21.6 Å². The summed E-state index contributed by atoms with van der Waals surface area (Å²) in [5.41, 5.74) is 9.12. The number of nitrogens with one attached hydrogen (secondary N) is 1. The number of halogens is 2. The topological polar surface area (TPSA) is 50.4 Å². The van der Waals surface area contributed by atoms with E-state index in [4.69, 9.17) is 17.3 Å². The second-order valence-corrected chi connectivity index (χ2v) is 4.81. The molecular formula is C11H13BrClN3. The monoisotopic (exact) mass is 301 g/mol. The lowest BCUT2D eigenvalue weighted by atomic mass is 9.99. The van der Waals surface area contributed by atoms with Crippen molar-refractivity contribution in [2.75, 3.05) is 12.4 Å².